The van der Waals surface area contributed by atoms with Gasteiger partial charge in [0.2, 0.25) is 11.9 Å². The van der Waals surface area contributed by atoms with Crippen molar-refractivity contribution in [3.05, 3.63) is 71.8 Å². The number of carbonyl (C=O) groups is 1. The van der Waals surface area contributed by atoms with Crippen molar-refractivity contribution in [3.8, 4) is 11.6 Å². The minimum Gasteiger partial charge on any atom is -0.494 e. The highest BCUT2D eigenvalue weighted by molar-refractivity contribution is 6.02. The number of fused-ring (bicyclic) bond motifs is 1. The van der Waals surface area contributed by atoms with Crippen molar-refractivity contribution in [1.82, 2.24) is 24.1 Å². The standard InChI is InChI=1S/C27H33N9O3/c1-7-25(37)30-18-16-19(23(39-6)17-22(18)34(5)15-14-33(3)4)31-26-29-13-12-24(32-26)35-20-10-8-9-11-21(20)36(28-2)27(35)38/h7-13,16-17,28H,1,14-15H2,2-6H3,(H,30,37)(H,29,31,32)/i3D3. The van der Waals surface area contributed by atoms with Crippen LogP contribution in [0.4, 0.5) is 23.0 Å². The predicted octanol–water partition coefficient (Wildman–Crippen LogP) is 2.63. The van der Waals surface area contributed by atoms with Gasteiger partial charge in [0, 0.05) is 49.6 Å². The van der Waals surface area contributed by atoms with Crippen LogP contribution >= 0.6 is 0 Å². The zero-order chi connectivity index (χ0) is 30.6. The number of amides is 1. The Hall–Kier alpha value is -4.84. The molecular weight excluding hydrogens is 498 g/mol. The summed E-state index contributed by atoms with van der Waals surface area (Å²) < 4.78 is 31.3. The maximum absolute atomic E-state index is 13.2. The van der Waals surface area contributed by atoms with Crippen molar-refractivity contribution in [2.24, 2.45) is 0 Å². The van der Waals surface area contributed by atoms with Crippen molar-refractivity contribution in [2.45, 2.75) is 0 Å². The second-order valence-electron chi connectivity index (χ2n) is 8.64. The first-order valence-electron chi connectivity index (χ1n) is 13.6. The van der Waals surface area contributed by atoms with Gasteiger partial charge in [0.05, 0.1) is 35.2 Å². The number of nitrogens with one attached hydrogen (secondary N) is 3. The van der Waals surface area contributed by atoms with E-state index in [1.54, 1.807) is 32.3 Å². The second-order valence-corrected chi connectivity index (χ2v) is 8.64. The average molecular weight is 535 g/mol. The van der Waals surface area contributed by atoms with Gasteiger partial charge in [0.1, 0.15) is 11.6 Å². The minimum atomic E-state index is -2.23. The third kappa shape index (κ3) is 5.70. The summed E-state index contributed by atoms with van der Waals surface area (Å²) in [5, 5.41) is 5.92. The molecule has 0 saturated carbocycles. The molecule has 0 aliphatic heterocycles. The molecule has 0 aliphatic carbocycles. The smallest absolute Gasteiger partial charge is 0.353 e. The van der Waals surface area contributed by atoms with E-state index in [1.165, 1.54) is 34.5 Å². The number of nitrogens with zero attached hydrogens (tertiary/aromatic N) is 6. The Morgan fingerprint density at radius 3 is 2.64 bits per heavy atom. The first-order chi connectivity index (χ1) is 20.0. The summed E-state index contributed by atoms with van der Waals surface area (Å²) in [6.07, 6.45) is 2.68. The minimum absolute atomic E-state index is 0.181. The van der Waals surface area contributed by atoms with Crippen molar-refractivity contribution < 1.29 is 13.6 Å². The van der Waals surface area contributed by atoms with E-state index in [-0.39, 0.29) is 18.2 Å². The topological polar surface area (TPSA) is 122 Å². The van der Waals surface area contributed by atoms with Gasteiger partial charge >= 0.3 is 5.69 Å². The lowest BCUT2D eigenvalue weighted by Crippen LogP contribution is -2.29. The van der Waals surface area contributed by atoms with E-state index in [9.17, 15) is 9.59 Å². The fourth-order valence-corrected chi connectivity index (χ4v) is 4.10. The molecule has 2 heterocycles. The number of anilines is 4. The summed E-state index contributed by atoms with van der Waals surface area (Å²) in [4.78, 5) is 37.5. The largest absolute Gasteiger partial charge is 0.494 e. The number of benzene rings is 2. The maximum Gasteiger partial charge on any atom is 0.353 e. The van der Waals surface area contributed by atoms with Gasteiger partial charge in [0.25, 0.3) is 0 Å². The monoisotopic (exact) mass is 534 g/mol. The molecule has 0 bridgehead atoms. The highest BCUT2D eigenvalue weighted by Crippen LogP contribution is 2.38. The molecule has 12 nitrogen and oxygen atoms in total. The van der Waals surface area contributed by atoms with Crippen LogP contribution in [0.15, 0.2) is 66.1 Å². The number of aromatic nitrogens is 4. The van der Waals surface area contributed by atoms with Gasteiger partial charge in [-0.15, -0.1) is 0 Å². The van der Waals surface area contributed by atoms with Crippen LogP contribution in [0.3, 0.4) is 0 Å². The first-order valence-corrected chi connectivity index (χ1v) is 12.1. The molecular formula is C27H33N9O3. The first kappa shape index (κ1) is 23.3. The number of likely N-dealkylation sites (N-methyl/N-ethyl adjacent to an activating group) is 2. The van der Waals surface area contributed by atoms with E-state index >= 15 is 0 Å². The van der Waals surface area contributed by atoms with Crippen LogP contribution in [0.1, 0.15) is 4.11 Å². The van der Waals surface area contributed by atoms with E-state index in [4.69, 9.17) is 8.85 Å². The van der Waals surface area contributed by atoms with Gasteiger partial charge in [-0.2, -0.15) is 4.98 Å². The van der Waals surface area contributed by atoms with E-state index in [1.807, 2.05) is 29.2 Å². The summed E-state index contributed by atoms with van der Waals surface area (Å²) >= 11 is 0. The van der Waals surface area contributed by atoms with Gasteiger partial charge in [-0.05, 0) is 38.3 Å². The lowest BCUT2D eigenvalue weighted by atomic mass is 10.2. The van der Waals surface area contributed by atoms with Crippen molar-refractivity contribution in [2.75, 3.05) is 69.3 Å². The molecule has 3 N–H and O–H groups in total. The second kappa shape index (κ2) is 11.7. The third-order valence-electron chi connectivity index (χ3n) is 6.03. The lowest BCUT2D eigenvalue weighted by Gasteiger charge is -2.26. The quantitative estimate of drug-likeness (QED) is 0.249. The molecule has 0 radical (unpaired) electrons. The number of hydrogen-bond donors (Lipinski definition) is 3. The fourth-order valence-electron chi connectivity index (χ4n) is 4.10. The molecule has 39 heavy (non-hydrogen) atoms. The number of rotatable bonds is 11. The summed E-state index contributed by atoms with van der Waals surface area (Å²) in [5.41, 5.74) is 5.36. The Labute approximate surface area is 230 Å². The van der Waals surface area contributed by atoms with Gasteiger partial charge in [-0.3, -0.25) is 4.79 Å². The fraction of sp³-hybridized carbons (Fsp3) is 0.259. The molecule has 0 unspecified atom stereocenters. The average Bonchev–Trinajstić information content (AvgIpc) is 3.26. The molecule has 0 aliphatic rings. The molecule has 0 spiro atoms. The number of para-hydroxylation sites is 2. The number of ether oxygens (including phenoxy) is 1. The molecule has 2 aromatic carbocycles. The highest BCUT2D eigenvalue weighted by atomic mass is 16.5. The molecule has 1 amide bonds. The Balaban J connectivity index is 1.71. The van der Waals surface area contributed by atoms with E-state index in [0.717, 1.165) is 6.08 Å². The summed E-state index contributed by atoms with van der Waals surface area (Å²) in [6.45, 7) is 1.89. The van der Waals surface area contributed by atoms with Gasteiger partial charge in [0.15, 0.2) is 0 Å². The van der Waals surface area contributed by atoms with Crippen LogP contribution in [-0.2, 0) is 4.79 Å². The van der Waals surface area contributed by atoms with E-state index in [2.05, 4.69) is 32.6 Å². The molecule has 0 fully saturated rings. The van der Waals surface area contributed by atoms with Crippen LogP contribution in [0, 0.1) is 0 Å². The molecule has 0 atom stereocenters. The highest BCUT2D eigenvalue weighted by Gasteiger charge is 2.18. The van der Waals surface area contributed by atoms with Crippen LogP contribution in [-0.4, -0.2) is 78.3 Å². The summed E-state index contributed by atoms with van der Waals surface area (Å²) in [7, 11) is 6.46. The van der Waals surface area contributed by atoms with Crippen LogP contribution in [0.2, 0.25) is 0 Å². The van der Waals surface area contributed by atoms with Crippen molar-refractivity contribution in [1.29, 1.82) is 0 Å². The Morgan fingerprint density at radius 1 is 1.18 bits per heavy atom. The van der Waals surface area contributed by atoms with Gasteiger partial charge in [-0.1, -0.05) is 18.7 Å². The molecule has 0 saturated heterocycles. The molecule has 4 aromatic rings. The predicted molar refractivity (Wildman–Crippen MR) is 155 cm³/mol. The maximum atomic E-state index is 13.2. The number of hydrogen-bond acceptors (Lipinski definition) is 9. The van der Waals surface area contributed by atoms with E-state index < -0.39 is 12.9 Å². The van der Waals surface area contributed by atoms with Gasteiger partial charge < -0.3 is 30.6 Å². The summed E-state index contributed by atoms with van der Waals surface area (Å²) in [6, 6.07) is 12.3. The number of methoxy groups -OCH3 is 1. The molecule has 2 aromatic heterocycles. The SMILES string of the molecule is [2H]C([2H])([2H])N(C)CCN(C)c1cc(OC)c(Nc2nccc(-n3c(=O)n(NC)c4ccccc43)n2)cc1NC(=O)C=C. The lowest BCUT2D eigenvalue weighted by molar-refractivity contribution is -0.111. The molecule has 204 valence electrons. The third-order valence-corrected chi connectivity index (χ3v) is 6.03. The number of carbonyl (C=O) groups excluding carboxylic acids is 1. The van der Waals surface area contributed by atoms with Crippen molar-refractivity contribution >= 4 is 40.0 Å². The Kier molecular flexibility index (Phi) is 6.98. The molecule has 4 rings (SSSR count). The number of imidazole rings is 1. The zero-order valence-corrected chi connectivity index (χ0v) is 22.2. The molecule has 12 heteroatoms. The Bertz CT molecular complexity index is 1670. The zero-order valence-electron chi connectivity index (χ0n) is 25.2. The van der Waals surface area contributed by atoms with Crippen LogP contribution in [0.5, 0.6) is 5.75 Å². The summed E-state index contributed by atoms with van der Waals surface area (Å²) in [5.74, 6) is 0.506. The van der Waals surface area contributed by atoms with Gasteiger partial charge in [-0.25, -0.2) is 19.0 Å². The Morgan fingerprint density at radius 2 is 1.95 bits per heavy atom. The normalized spacial score (nSPS) is 12.4. The van der Waals surface area contributed by atoms with E-state index in [0.29, 0.717) is 46.2 Å². The van der Waals surface area contributed by atoms with Crippen LogP contribution in [0.25, 0.3) is 16.9 Å². The van der Waals surface area contributed by atoms with Crippen molar-refractivity contribution in [3.63, 3.8) is 0 Å². The van der Waals surface area contributed by atoms with Crippen LogP contribution < -0.4 is 31.4 Å².